The minimum Gasteiger partial charge on any atom is -0.436 e. The quantitative estimate of drug-likeness (QED) is 0.625. The topological polar surface area (TPSA) is 84.4 Å². The third kappa shape index (κ3) is 4.19. The van der Waals surface area contributed by atoms with Gasteiger partial charge in [-0.2, -0.15) is 10.2 Å². The van der Waals surface area contributed by atoms with Crippen molar-refractivity contribution in [2.24, 2.45) is 0 Å². The number of nitrogens with two attached hydrogens (primary N) is 1. The predicted molar refractivity (Wildman–Crippen MR) is 105 cm³/mol. The number of anilines is 2. The maximum absolute atomic E-state index is 14.6. The normalized spacial score (nSPS) is 10.3. The van der Waals surface area contributed by atoms with Crippen molar-refractivity contribution < 1.29 is 18.3 Å². The van der Waals surface area contributed by atoms with Gasteiger partial charge < -0.3 is 20.1 Å². The van der Waals surface area contributed by atoms with E-state index in [2.05, 4.69) is 4.98 Å². The van der Waals surface area contributed by atoms with Crippen molar-refractivity contribution in [2.45, 2.75) is 6.92 Å². The van der Waals surface area contributed by atoms with E-state index in [1.165, 1.54) is 25.1 Å². The maximum atomic E-state index is 14.6. The fraction of sp³-hybridized carbons (Fsp3) is 0.143. The summed E-state index contributed by atoms with van der Waals surface area (Å²) < 4.78 is 40.1. The second-order valence-corrected chi connectivity index (χ2v) is 6.44. The van der Waals surface area contributed by atoms with E-state index in [0.717, 1.165) is 5.69 Å². The van der Waals surface area contributed by atoms with Crippen LogP contribution in [0.4, 0.5) is 20.2 Å². The number of nitrogen functional groups attached to an aromatic ring is 1. The average molecular weight is 396 g/mol. The summed E-state index contributed by atoms with van der Waals surface area (Å²) in [6.45, 7) is 1.25. The molecule has 0 aliphatic rings. The van der Waals surface area contributed by atoms with Crippen LogP contribution in [0.2, 0.25) is 0 Å². The molecule has 0 bridgehead atoms. The van der Waals surface area contributed by atoms with Crippen LogP contribution < -0.4 is 20.1 Å². The molecule has 0 saturated carbocycles. The fourth-order valence-electron chi connectivity index (χ4n) is 2.48. The minimum absolute atomic E-state index is 0.0296. The lowest BCUT2D eigenvalue weighted by molar-refractivity contribution is 0.373. The molecule has 0 spiro atoms. The number of pyridine rings is 1. The highest BCUT2D eigenvalue weighted by atomic mass is 19.1. The Bertz CT molecular complexity index is 1110. The third-order valence-electron chi connectivity index (χ3n) is 4.13. The maximum Gasteiger partial charge on any atom is 0.259 e. The van der Waals surface area contributed by atoms with Crippen molar-refractivity contribution in [3.8, 4) is 29.3 Å². The van der Waals surface area contributed by atoms with Gasteiger partial charge in [0.05, 0.1) is 17.3 Å². The Balaban J connectivity index is 2.00. The summed E-state index contributed by atoms with van der Waals surface area (Å²) in [6.07, 6.45) is 0. The van der Waals surface area contributed by atoms with Crippen LogP contribution in [0.5, 0.6) is 23.3 Å². The lowest BCUT2D eigenvalue weighted by atomic mass is 10.2. The molecule has 3 aromatic rings. The molecule has 0 saturated heterocycles. The number of benzene rings is 2. The van der Waals surface area contributed by atoms with Gasteiger partial charge in [-0.3, -0.25) is 0 Å². The van der Waals surface area contributed by atoms with E-state index >= 15 is 0 Å². The second-order valence-electron chi connectivity index (χ2n) is 6.44. The first kappa shape index (κ1) is 19.9. The van der Waals surface area contributed by atoms with Crippen LogP contribution in [0.25, 0.3) is 0 Å². The molecule has 148 valence electrons. The molecule has 1 aromatic heterocycles. The van der Waals surface area contributed by atoms with Crippen LogP contribution >= 0.6 is 0 Å². The monoisotopic (exact) mass is 396 g/mol. The Labute approximate surface area is 166 Å². The Hall–Kier alpha value is -3.86. The summed E-state index contributed by atoms with van der Waals surface area (Å²) in [6, 6.07) is 13.1. The SMILES string of the molecule is Cc1c(F)c(Oc2cccc(N(C)C)c2)nc(Oc2cc(C#N)ccc2N)c1F. The van der Waals surface area contributed by atoms with E-state index in [1.54, 1.807) is 18.2 Å². The molecule has 1 heterocycles. The van der Waals surface area contributed by atoms with Gasteiger partial charge in [0.1, 0.15) is 5.75 Å². The first-order valence-electron chi connectivity index (χ1n) is 8.58. The van der Waals surface area contributed by atoms with Crippen molar-refractivity contribution in [2.75, 3.05) is 24.7 Å². The van der Waals surface area contributed by atoms with Gasteiger partial charge in [0, 0.05) is 37.5 Å². The van der Waals surface area contributed by atoms with Crippen LogP contribution in [0.3, 0.4) is 0 Å². The second kappa shape index (κ2) is 8.02. The Morgan fingerprint density at radius 1 is 1.03 bits per heavy atom. The summed E-state index contributed by atoms with van der Waals surface area (Å²) in [4.78, 5) is 5.70. The smallest absolute Gasteiger partial charge is 0.259 e. The molecular weight excluding hydrogens is 378 g/mol. The summed E-state index contributed by atoms with van der Waals surface area (Å²) in [5.41, 5.74) is 6.78. The number of hydrogen-bond acceptors (Lipinski definition) is 6. The molecule has 2 aromatic carbocycles. The molecule has 0 fully saturated rings. The van der Waals surface area contributed by atoms with Crippen LogP contribution in [-0.2, 0) is 0 Å². The van der Waals surface area contributed by atoms with Gasteiger partial charge in [0.2, 0.25) is 0 Å². The standard InChI is InChI=1S/C21H18F2N4O2/c1-12-18(22)20(28-15-6-4-5-14(10-15)27(2)3)26-21(19(12)23)29-17-9-13(11-24)7-8-16(17)25/h4-10H,25H2,1-3H3. The molecule has 0 aliphatic heterocycles. The first-order valence-corrected chi connectivity index (χ1v) is 8.58. The van der Waals surface area contributed by atoms with Crippen LogP contribution in [0, 0.1) is 29.9 Å². The molecule has 8 heteroatoms. The van der Waals surface area contributed by atoms with E-state index in [-0.39, 0.29) is 22.6 Å². The first-order chi connectivity index (χ1) is 13.8. The van der Waals surface area contributed by atoms with Crippen molar-refractivity contribution >= 4 is 11.4 Å². The van der Waals surface area contributed by atoms with E-state index < -0.39 is 23.4 Å². The zero-order valence-corrected chi connectivity index (χ0v) is 16.0. The summed E-state index contributed by atoms with van der Waals surface area (Å²) in [5.74, 6) is -2.52. The van der Waals surface area contributed by atoms with Gasteiger partial charge in [-0.25, -0.2) is 8.78 Å². The highest BCUT2D eigenvalue weighted by Gasteiger charge is 2.21. The number of rotatable bonds is 5. The van der Waals surface area contributed by atoms with E-state index in [1.807, 2.05) is 31.1 Å². The molecular formula is C21H18F2N4O2. The Morgan fingerprint density at radius 3 is 2.38 bits per heavy atom. The van der Waals surface area contributed by atoms with Gasteiger partial charge >= 0.3 is 0 Å². The van der Waals surface area contributed by atoms with Gasteiger partial charge in [0.15, 0.2) is 17.4 Å². The minimum atomic E-state index is -0.987. The van der Waals surface area contributed by atoms with Crippen LogP contribution in [0.1, 0.15) is 11.1 Å². The lowest BCUT2D eigenvalue weighted by Gasteiger charge is -2.15. The molecule has 0 radical (unpaired) electrons. The molecule has 0 amide bonds. The van der Waals surface area contributed by atoms with Crippen molar-refractivity contribution in [3.63, 3.8) is 0 Å². The van der Waals surface area contributed by atoms with Crippen LogP contribution in [0.15, 0.2) is 42.5 Å². The van der Waals surface area contributed by atoms with Crippen LogP contribution in [-0.4, -0.2) is 19.1 Å². The van der Waals surface area contributed by atoms with Gasteiger partial charge in [-0.15, -0.1) is 0 Å². The van der Waals surface area contributed by atoms with Crippen molar-refractivity contribution in [3.05, 3.63) is 65.2 Å². The third-order valence-corrected chi connectivity index (χ3v) is 4.13. The zero-order valence-electron chi connectivity index (χ0n) is 16.0. The molecule has 0 unspecified atom stereocenters. The highest BCUT2D eigenvalue weighted by Crippen LogP contribution is 2.35. The van der Waals surface area contributed by atoms with Crippen molar-refractivity contribution in [1.82, 2.24) is 4.98 Å². The van der Waals surface area contributed by atoms with Gasteiger partial charge in [-0.05, 0) is 31.2 Å². The van der Waals surface area contributed by atoms with Gasteiger partial charge in [0.25, 0.3) is 11.8 Å². The number of hydrogen-bond donors (Lipinski definition) is 1. The molecule has 6 nitrogen and oxygen atoms in total. The summed E-state index contributed by atoms with van der Waals surface area (Å²) >= 11 is 0. The Kier molecular flexibility index (Phi) is 5.50. The largest absolute Gasteiger partial charge is 0.436 e. The predicted octanol–water partition coefficient (Wildman–Crippen LogP) is 4.77. The number of halogens is 2. The molecule has 2 N–H and O–H groups in total. The Morgan fingerprint density at radius 2 is 1.72 bits per heavy atom. The van der Waals surface area contributed by atoms with E-state index in [4.69, 9.17) is 20.5 Å². The summed E-state index contributed by atoms with van der Waals surface area (Å²) in [7, 11) is 3.71. The number of ether oxygens (including phenoxy) is 2. The fourth-order valence-corrected chi connectivity index (χ4v) is 2.48. The number of nitriles is 1. The molecule has 3 rings (SSSR count). The molecule has 29 heavy (non-hydrogen) atoms. The highest BCUT2D eigenvalue weighted by molar-refractivity contribution is 5.57. The summed E-state index contributed by atoms with van der Waals surface area (Å²) in [5, 5.41) is 9.01. The van der Waals surface area contributed by atoms with Crippen molar-refractivity contribution in [1.29, 1.82) is 5.26 Å². The lowest BCUT2D eigenvalue weighted by Crippen LogP contribution is -2.08. The number of nitrogens with zero attached hydrogens (tertiary/aromatic N) is 3. The zero-order chi connectivity index (χ0) is 21.1. The number of aromatic nitrogens is 1. The molecule has 0 atom stereocenters. The van der Waals surface area contributed by atoms with E-state index in [9.17, 15) is 8.78 Å². The average Bonchev–Trinajstić information content (AvgIpc) is 2.71. The molecule has 0 aliphatic carbocycles. The van der Waals surface area contributed by atoms with Gasteiger partial charge in [-0.1, -0.05) is 6.07 Å². The van der Waals surface area contributed by atoms with E-state index in [0.29, 0.717) is 5.75 Å².